The van der Waals surface area contributed by atoms with E-state index in [2.05, 4.69) is 15.1 Å². The number of hydrogen-bond acceptors (Lipinski definition) is 8. The molecule has 0 saturated carbocycles. The van der Waals surface area contributed by atoms with Crippen LogP contribution in [0.25, 0.3) is 11.4 Å². The number of nitrogens with zero attached hydrogens (tertiary/aromatic N) is 4. The molecule has 1 fully saturated rings. The molecule has 1 aliphatic rings. The third kappa shape index (κ3) is 5.60. The van der Waals surface area contributed by atoms with Gasteiger partial charge in [-0.05, 0) is 55.7 Å². The maximum Gasteiger partial charge on any atom is 0.309 e. The van der Waals surface area contributed by atoms with Crippen LogP contribution in [0.5, 0.6) is 0 Å². The first-order chi connectivity index (χ1) is 15.9. The Morgan fingerprint density at radius 3 is 2.64 bits per heavy atom. The van der Waals surface area contributed by atoms with Gasteiger partial charge in [-0.25, -0.2) is 12.8 Å². The van der Waals surface area contributed by atoms with Gasteiger partial charge < -0.3 is 9.26 Å². The van der Waals surface area contributed by atoms with E-state index in [1.165, 1.54) is 16.4 Å². The van der Waals surface area contributed by atoms with Gasteiger partial charge in [0.05, 0.1) is 17.4 Å². The number of ether oxygens (including phenoxy) is 1. The Labute approximate surface area is 190 Å². The van der Waals surface area contributed by atoms with E-state index in [9.17, 15) is 17.6 Å². The van der Waals surface area contributed by atoms with Crippen LogP contribution in [0.2, 0.25) is 0 Å². The monoisotopic (exact) mass is 474 g/mol. The van der Waals surface area contributed by atoms with Crippen LogP contribution in [0.4, 0.5) is 4.39 Å². The van der Waals surface area contributed by atoms with Gasteiger partial charge >= 0.3 is 5.97 Å². The number of benzene rings is 1. The predicted octanol–water partition coefficient (Wildman–Crippen LogP) is 2.85. The van der Waals surface area contributed by atoms with E-state index in [1.807, 2.05) is 6.07 Å². The lowest BCUT2D eigenvalue weighted by Gasteiger charge is -2.30. The summed E-state index contributed by atoms with van der Waals surface area (Å²) in [7, 11) is -3.71. The van der Waals surface area contributed by atoms with Crippen molar-refractivity contribution in [2.75, 3.05) is 19.7 Å². The van der Waals surface area contributed by atoms with E-state index in [4.69, 9.17) is 9.26 Å². The van der Waals surface area contributed by atoms with Crippen molar-refractivity contribution >= 4 is 16.0 Å². The molecule has 4 rings (SSSR count). The fourth-order valence-electron chi connectivity index (χ4n) is 3.57. The second-order valence-electron chi connectivity index (χ2n) is 7.66. The molecule has 0 aliphatic carbocycles. The summed E-state index contributed by atoms with van der Waals surface area (Å²) in [5.74, 6) is -0.286. The number of pyridine rings is 1. The number of carbonyl (C=O) groups excluding carboxylic acids is 1. The Balaban J connectivity index is 1.20. The third-order valence-corrected chi connectivity index (χ3v) is 7.32. The van der Waals surface area contributed by atoms with Crippen LogP contribution in [0.15, 0.2) is 58.2 Å². The van der Waals surface area contributed by atoms with Crippen molar-refractivity contribution in [2.45, 2.75) is 30.6 Å². The van der Waals surface area contributed by atoms with E-state index in [1.54, 1.807) is 18.5 Å². The number of hydrogen-bond donors (Lipinski definition) is 0. The van der Waals surface area contributed by atoms with Gasteiger partial charge in [-0.1, -0.05) is 5.16 Å². The van der Waals surface area contributed by atoms with E-state index >= 15 is 0 Å². The summed E-state index contributed by atoms with van der Waals surface area (Å²) in [6, 6.07) is 8.34. The molecule has 9 nitrogen and oxygen atoms in total. The Hall–Kier alpha value is -3.18. The zero-order valence-corrected chi connectivity index (χ0v) is 18.6. The summed E-state index contributed by atoms with van der Waals surface area (Å²) >= 11 is 0. The first-order valence-electron chi connectivity index (χ1n) is 10.6. The molecule has 1 saturated heterocycles. The molecule has 0 spiro atoms. The molecule has 1 aliphatic heterocycles. The van der Waals surface area contributed by atoms with Crippen molar-refractivity contribution in [1.29, 1.82) is 0 Å². The minimum absolute atomic E-state index is 0.0395. The fraction of sp³-hybridized carbons (Fsp3) is 0.364. The van der Waals surface area contributed by atoms with E-state index in [0.29, 0.717) is 37.4 Å². The van der Waals surface area contributed by atoms with Crippen LogP contribution in [0, 0.1) is 11.7 Å². The lowest BCUT2D eigenvalue weighted by molar-refractivity contribution is -0.149. The molecule has 0 radical (unpaired) electrons. The topological polar surface area (TPSA) is 115 Å². The van der Waals surface area contributed by atoms with Crippen molar-refractivity contribution in [3.05, 3.63) is 60.5 Å². The minimum atomic E-state index is -3.71. The quantitative estimate of drug-likeness (QED) is 0.362. The maximum atomic E-state index is 13.1. The second kappa shape index (κ2) is 10.2. The van der Waals surface area contributed by atoms with Crippen LogP contribution in [-0.2, 0) is 26.0 Å². The molecule has 0 amide bonds. The second-order valence-corrected chi connectivity index (χ2v) is 9.59. The van der Waals surface area contributed by atoms with Gasteiger partial charge in [0.1, 0.15) is 5.82 Å². The van der Waals surface area contributed by atoms with Crippen LogP contribution < -0.4 is 0 Å². The van der Waals surface area contributed by atoms with Crippen molar-refractivity contribution in [1.82, 2.24) is 19.4 Å². The minimum Gasteiger partial charge on any atom is -0.465 e. The number of sulfonamides is 1. The first-order valence-corrected chi connectivity index (χ1v) is 12.0. The molecule has 33 heavy (non-hydrogen) atoms. The summed E-state index contributed by atoms with van der Waals surface area (Å²) in [6.45, 7) is 0.620. The molecule has 11 heteroatoms. The SMILES string of the molecule is O=C(OCCCc1nc(-c2cccnc2)no1)C1CCN(S(=O)(=O)c2ccc(F)cc2)CC1. The number of esters is 1. The molecule has 0 atom stereocenters. The Bertz CT molecular complexity index is 1180. The zero-order chi connectivity index (χ0) is 23.3. The van der Waals surface area contributed by atoms with E-state index < -0.39 is 15.8 Å². The molecular formula is C22H23FN4O5S. The van der Waals surface area contributed by atoms with Crippen LogP contribution >= 0.6 is 0 Å². The molecule has 1 aromatic carbocycles. The normalized spacial score (nSPS) is 15.4. The van der Waals surface area contributed by atoms with E-state index in [-0.39, 0.29) is 36.5 Å². The van der Waals surface area contributed by atoms with Crippen molar-refractivity contribution in [3.8, 4) is 11.4 Å². The highest BCUT2D eigenvalue weighted by Gasteiger charge is 2.32. The van der Waals surface area contributed by atoms with Gasteiger partial charge in [0, 0.05) is 37.5 Å². The Kier molecular flexibility index (Phi) is 7.09. The summed E-state index contributed by atoms with van der Waals surface area (Å²) in [4.78, 5) is 20.7. The van der Waals surface area contributed by atoms with Gasteiger partial charge in [0.15, 0.2) is 0 Å². The van der Waals surface area contributed by atoms with Gasteiger partial charge in [0.25, 0.3) is 0 Å². The van der Waals surface area contributed by atoms with Gasteiger partial charge in [-0.15, -0.1) is 0 Å². The summed E-state index contributed by atoms with van der Waals surface area (Å²) in [5, 5.41) is 3.92. The average molecular weight is 475 g/mol. The number of carbonyl (C=O) groups is 1. The highest BCUT2D eigenvalue weighted by molar-refractivity contribution is 7.89. The molecule has 174 valence electrons. The fourth-order valence-corrected chi connectivity index (χ4v) is 5.04. The summed E-state index contributed by atoms with van der Waals surface area (Å²) in [5.41, 5.74) is 0.756. The molecule has 0 bridgehead atoms. The molecule has 3 aromatic rings. The largest absolute Gasteiger partial charge is 0.465 e. The van der Waals surface area contributed by atoms with E-state index in [0.717, 1.165) is 17.7 Å². The number of aryl methyl sites for hydroxylation is 1. The molecule has 2 aromatic heterocycles. The molecular weight excluding hydrogens is 451 g/mol. The van der Waals surface area contributed by atoms with Gasteiger partial charge in [-0.2, -0.15) is 9.29 Å². The summed E-state index contributed by atoms with van der Waals surface area (Å²) < 4.78 is 50.3. The lowest BCUT2D eigenvalue weighted by atomic mass is 9.98. The standard InChI is InChI=1S/C22H23FN4O5S/c23-18-5-7-19(8-6-18)33(29,30)27-12-9-16(10-13-27)22(28)31-14-2-4-20-25-21(26-32-20)17-3-1-11-24-15-17/h1,3,5-8,11,15-16H,2,4,9-10,12-14H2. The lowest BCUT2D eigenvalue weighted by Crippen LogP contribution is -2.40. The zero-order valence-electron chi connectivity index (χ0n) is 17.8. The smallest absolute Gasteiger partial charge is 0.309 e. The number of halogens is 1. The van der Waals surface area contributed by atoms with Crippen molar-refractivity contribution in [3.63, 3.8) is 0 Å². The molecule has 0 unspecified atom stereocenters. The van der Waals surface area contributed by atoms with Crippen molar-refractivity contribution in [2.24, 2.45) is 5.92 Å². The van der Waals surface area contributed by atoms with Crippen LogP contribution in [0.3, 0.4) is 0 Å². The molecule has 0 N–H and O–H groups in total. The van der Waals surface area contributed by atoms with Crippen molar-refractivity contribution < 1.29 is 26.9 Å². The van der Waals surface area contributed by atoms with Crippen LogP contribution in [0.1, 0.15) is 25.2 Å². The third-order valence-electron chi connectivity index (χ3n) is 5.41. The molecule has 3 heterocycles. The number of piperidine rings is 1. The Morgan fingerprint density at radius 1 is 1.18 bits per heavy atom. The average Bonchev–Trinajstić information content (AvgIpc) is 3.32. The van der Waals surface area contributed by atoms with Gasteiger partial charge in [-0.3, -0.25) is 9.78 Å². The highest BCUT2D eigenvalue weighted by Crippen LogP contribution is 2.25. The summed E-state index contributed by atoms with van der Waals surface area (Å²) in [6.07, 6.45) is 5.04. The number of rotatable bonds is 8. The highest BCUT2D eigenvalue weighted by atomic mass is 32.2. The Morgan fingerprint density at radius 2 is 1.94 bits per heavy atom. The van der Waals surface area contributed by atoms with Crippen LogP contribution in [-0.4, -0.2) is 53.5 Å². The number of aromatic nitrogens is 3. The predicted molar refractivity (Wildman–Crippen MR) is 115 cm³/mol. The maximum absolute atomic E-state index is 13.1. The first kappa shape index (κ1) is 23.0. The van der Waals surface area contributed by atoms with Gasteiger partial charge in [0.2, 0.25) is 21.7 Å².